The lowest BCUT2D eigenvalue weighted by molar-refractivity contribution is -0.132. The van der Waals surface area contributed by atoms with Gasteiger partial charge in [-0.15, -0.1) is 0 Å². The molecule has 0 saturated carbocycles. The van der Waals surface area contributed by atoms with Gasteiger partial charge < -0.3 is 19.1 Å². The molecule has 0 spiro atoms. The summed E-state index contributed by atoms with van der Waals surface area (Å²) in [6.45, 7) is 1.83. The molecule has 9 nitrogen and oxygen atoms in total. The number of rotatable bonds is 13. The molecule has 0 aromatic heterocycles. The number of nitrogens with zero attached hydrogens (tertiary/aromatic N) is 3. The number of nitrogens with one attached hydrogen (secondary N) is 1. The molecule has 0 radical (unpaired) electrons. The quantitative estimate of drug-likeness (QED) is 0.385. The SMILES string of the molecule is COc1ccc(C2=NN(Cc3ccc(NC(=O)OCCCCCCN(C)C)cc3)C(=O)CC2)cc1OC. The molecule has 0 aliphatic carbocycles. The first-order valence-electron chi connectivity index (χ1n) is 12.7. The summed E-state index contributed by atoms with van der Waals surface area (Å²) in [6, 6.07) is 13.0. The first-order valence-corrected chi connectivity index (χ1v) is 12.7. The fourth-order valence-electron chi connectivity index (χ4n) is 4.02. The summed E-state index contributed by atoms with van der Waals surface area (Å²) < 4.78 is 16.0. The number of ether oxygens (including phenoxy) is 3. The normalized spacial score (nSPS) is 13.4. The third kappa shape index (κ3) is 8.78. The molecule has 0 atom stereocenters. The molecule has 1 heterocycles. The zero-order valence-electron chi connectivity index (χ0n) is 22.3. The van der Waals surface area contributed by atoms with Crippen LogP contribution in [0.3, 0.4) is 0 Å². The molecule has 1 aliphatic rings. The minimum absolute atomic E-state index is 0.0308. The molecular weight excluding hydrogens is 472 g/mol. The average molecular weight is 511 g/mol. The van der Waals surface area contributed by atoms with Gasteiger partial charge in [0.05, 0.1) is 33.1 Å². The van der Waals surface area contributed by atoms with E-state index in [1.54, 1.807) is 26.4 Å². The highest BCUT2D eigenvalue weighted by atomic mass is 16.5. The molecule has 1 N–H and O–H groups in total. The fraction of sp³-hybridized carbons (Fsp3) is 0.464. The smallest absolute Gasteiger partial charge is 0.411 e. The van der Waals surface area contributed by atoms with E-state index in [9.17, 15) is 9.59 Å². The van der Waals surface area contributed by atoms with Crippen LogP contribution < -0.4 is 14.8 Å². The average Bonchev–Trinajstić information content (AvgIpc) is 2.90. The molecule has 37 heavy (non-hydrogen) atoms. The Morgan fingerprint density at radius 3 is 2.41 bits per heavy atom. The van der Waals surface area contributed by atoms with Gasteiger partial charge in [-0.25, -0.2) is 9.80 Å². The van der Waals surface area contributed by atoms with Crippen LogP contribution in [-0.4, -0.2) is 69.1 Å². The first kappa shape index (κ1) is 28.0. The van der Waals surface area contributed by atoms with Crippen molar-refractivity contribution < 1.29 is 23.8 Å². The molecule has 2 amide bonds. The third-order valence-corrected chi connectivity index (χ3v) is 6.09. The van der Waals surface area contributed by atoms with Gasteiger partial charge >= 0.3 is 6.09 Å². The van der Waals surface area contributed by atoms with Gasteiger partial charge in [-0.2, -0.15) is 5.10 Å². The van der Waals surface area contributed by atoms with Crippen molar-refractivity contribution in [2.24, 2.45) is 5.10 Å². The number of hydrazone groups is 1. The molecular formula is C28H38N4O5. The molecule has 1 aliphatic heterocycles. The van der Waals surface area contributed by atoms with E-state index >= 15 is 0 Å². The van der Waals surface area contributed by atoms with Gasteiger partial charge in [-0.3, -0.25) is 10.1 Å². The summed E-state index contributed by atoms with van der Waals surface area (Å²) in [4.78, 5) is 26.8. The molecule has 0 unspecified atom stereocenters. The first-order chi connectivity index (χ1) is 17.9. The van der Waals surface area contributed by atoms with Crippen LogP contribution in [0.4, 0.5) is 10.5 Å². The Morgan fingerprint density at radius 2 is 1.70 bits per heavy atom. The summed E-state index contributed by atoms with van der Waals surface area (Å²) in [7, 11) is 7.32. The number of anilines is 1. The second kappa shape index (κ2) is 14.2. The van der Waals surface area contributed by atoms with Crippen LogP contribution in [-0.2, 0) is 16.1 Å². The molecule has 200 valence electrons. The lowest BCUT2D eigenvalue weighted by atomic mass is 10.0. The summed E-state index contributed by atoms with van der Waals surface area (Å²) in [5.74, 6) is 1.23. The van der Waals surface area contributed by atoms with Crippen LogP contribution in [0.15, 0.2) is 47.6 Å². The van der Waals surface area contributed by atoms with E-state index < -0.39 is 6.09 Å². The van der Waals surface area contributed by atoms with Crippen molar-refractivity contribution >= 4 is 23.4 Å². The van der Waals surface area contributed by atoms with Crippen molar-refractivity contribution in [1.29, 1.82) is 0 Å². The maximum Gasteiger partial charge on any atom is 0.411 e. The number of methoxy groups -OCH3 is 2. The number of hydrogen-bond acceptors (Lipinski definition) is 7. The maximum atomic E-state index is 12.5. The van der Waals surface area contributed by atoms with Gasteiger partial charge in [0.1, 0.15) is 0 Å². The predicted molar refractivity (Wildman–Crippen MR) is 144 cm³/mol. The molecule has 2 aromatic carbocycles. The van der Waals surface area contributed by atoms with Crippen molar-refractivity contribution in [3.63, 3.8) is 0 Å². The Hall–Kier alpha value is -3.59. The minimum Gasteiger partial charge on any atom is -0.493 e. The number of carbonyl (C=O) groups excluding carboxylic acids is 2. The standard InChI is InChI=1S/C28H38N4O5/c1-31(2)17-7-5-6-8-18-37-28(34)29-23-12-9-21(10-13-23)20-32-27(33)16-14-24(30-32)22-11-15-25(35-3)26(19-22)36-4/h9-13,15,19H,5-8,14,16-18,20H2,1-4H3,(H,29,34). The largest absolute Gasteiger partial charge is 0.493 e. The number of unbranched alkanes of at least 4 members (excludes halogenated alkanes) is 3. The monoisotopic (exact) mass is 510 g/mol. The van der Waals surface area contributed by atoms with E-state index in [1.165, 1.54) is 5.01 Å². The molecule has 0 saturated heterocycles. The molecule has 0 fully saturated rings. The van der Waals surface area contributed by atoms with Crippen molar-refractivity contribution in [2.75, 3.05) is 46.8 Å². The second-order valence-corrected chi connectivity index (χ2v) is 9.24. The third-order valence-electron chi connectivity index (χ3n) is 6.09. The Balaban J connectivity index is 1.50. The fourth-order valence-corrected chi connectivity index (χ4v) is 4.02. The van der Waals surface area contributed by atoms with Crippen molar-refractivity contribution in [3.8, 4) is 11.5 Å². The number of benzene rings is 2. The lowest BCUT2D eigenvalue weighted by Crippen LogP contribution is -2.31. The molecule has 2 aromatic rings. The van der Waals surface area contributed by atoms with Crippen molar-refractivity contribution in [3.05, 3.63) is 53.6 Å². The lowest BCUT2D eigenvalue weighted by Gasteiger charge is -2.24. The highest BCUT2D eigenvalue weighted by Gasteiger charge is 2.22. The molecule has 9 heteroatoms. The summed E-state index contributed by atoms with van der Waals surface area (Å²) in [5.41, 5.74) is 3.25. The molecule has 3 rings (SSSR count). The summed E-state index contributed by atoms with van der Waals surface area (Å²) in [6.07, 6.45) is 4.66. The Labute approximate surface area is 219 Å². The Bertz CT molecular complexity index is 1070. The van der Waals surface area contributed by atoms with Gasteiger partial charge in [0.2, 0.25) is 5.91 Å². The second-order valence-electron chi connectivity index (χ2n) is 9.24. The van der Waals surface area contributed by atoms with Gasteiger partial charge in [0.15, 0.2) is 11.5 Å². The number of carbonyl (C=O) groups is 2. The van der Waals surface area contributed by atoms with Gasteiger partial charge in [0, 0.05) is 24.1 Å². The Morgan fingerprint density at radius 1 is 0.973 bits per heavy atom. The number of hydrogen-bond donors (Lipinski definition) is 1. The van der Waals surface area contributed by atoms with Crippen molar-refractivity contribution in [2.45, 2.75) is 45.1 Å². The van der Waals surface area contributed by atoms with E-state index in [2.05, 4.69) is 29.4 Å². The van der Waals surface area contributed by atoms with Crippen LogP contribution in [0.25, 0.3) is 0 Å². The predicted octanol–water partition coefficient (Wildman–Crippen LogP) is 4.90. The minimum atomic E-state index is -0.462. The van der Waals surface area contributed by atoms with Crippen LogP contribution in [0, 0.1) is 0 Å². The molecule has 0 bridgehead atoms. The van der Waals surface area contributed by atoms with Crippen LogP contribution >= 0.6 is 0 Å². The van der Waals surface area contributed by atoms with Crippen molar-refractivity contribution in [1.82, 2.24) is 9.91 Å². The number of amides is 2. The van der Waals surface area contributed by atoms with Crippen LogP contribution in [0.5, 0.6) is 11.5 Å². The zero-order chi connectivity index (χ0) is 26.6. The van der Waals surface area contributed by atoms with Gasteiger partial charge in [-0.05, 0) is 69.4 Å². The van der Waals surface area contributed by atoms with Gasteiger partial charge in [-0.1, -0.05) is 25.0 Å². The maximum absolute atomic E-state index is 12.5. The summed E-state index contributed by atoms with van der Waals surface area (Å²) >= 11 is 0. The zero-order valence-corrected chi connectivity index (χ0v) is 22.3. The van der Waals surface area contributed by atoms with E-state index in [1.807, 2.05) is 30.3 Å². The van der Waals surface area contributed by atoms with Gasteiger partial charge in [0.25, 0.3) is 0 Å². The highest BCUT2D eigenvalue weighted by molar-refractivity contribution is 6.04. The van der Waals surface area contributed by atoms with E-state index in [-0.39, 0.29) is 5.91 Å². The topological polar surface area (TPSA) is 92.7 Å². The van der Waals surface area contributed by atoms with Crippen LogP contribution in [0.1, 0.15) is 49.7 Å². The summed E-state index contributed by atoms with van der Waals surface area (Å²) in [5, 5.41) is 8.85. The Kier molecular flexibility index (Phi) is 10.8. The van der Waals surface area contributed by atoms with Crippen LogP contribution in [0.2, 0.25) is 0 Å². The van der Waals surface area contributed by atoms with E-state index in [4.69, 9.17) is 14.2 Å². The van der Waals surface area contributed by atoms with E-state index in [0.717, 1.165) is 49.1 Å². The highest BCUT2D eigenvalue weighted by Crippen LogP contribution is 2.29. The van der Waals surface area contributed by atoms with E-state index in [0.29, 0.717) is 43.2 Å².